The van der Waals surface area contributed by atoms with Crippen molar-refractivity contribution in [2.75, 3.05) is 5.32 Å². The van der Waals surface area contributed by atoms with E-state index in [0.29, 0.717) is 11.3 Å². The lowest BCUT2D eigenvalue weighted by molar-refractivity contribution is -0.122. The molecule has 2 rings (SSSR count). The molecule has 0 radical (unpaired) electrons. The third-order valence-corrected chi connectivity index (χ3v) is 3.08. The van der Waals surface area contributed by atoms with Crippen molar-refractivity contribution in [3.63, 3.8) is 0 Å². The summed E-state index contributed by atoms with van der Waals surface area (Å²) in [5.74, 6) is 0.282. The lowest BCUT2D eigenvalue weighted by Gasteiger charge is -2.18. The standard InChI is InChI=1S/C17H19NO3/c1-12(19)15-10-6-7-11-16(15)21-13(2)17(20)18-14-8-4-3-5-9-14/h3-13,19H,1-2H3,(H,18,20)/t12-,13?/m1/s1. The van der Waals surface area contributed by atoms with Crippen molar-refractivity contribution in [3.8, 4) is 5.75 Å². The number of aliphatic hydroxyl groups excluding tert-OH is 1. The highest BCUT2D eigenvalue weighted by Gasteiger charge is 2.17. The molecule has 0 aliphatic heterocycles. The topological polar surface area (TPSA) is 58.6 Å². The zero-order valence-corrected chi connectivity index (χ0v) is 12.1. The van der Waals surface area contributed by atoms with Crippen LogP contribution in [-0.4, -0.2) is 17.1 Å². The van der Waals surface area contributed by atoms with Crippen LogP contribution in [0.5, 0.6) is 5.75 Å². The van der Waals surface area contributed by atoms with E-state index in [9.17, 15) is 9.90 Å². The quantitative estimate of drug-likeness (QED) is 0.887. The van der Waals surface area contributed by atoms with Gasteiger partial charge in [-0.3, -0.25) is 4.79 Å². The van der Waals surface area contributed by atoms with Gasteiger partial charge in [0, 0.05) is 11.3 Å². The summed E-state index contributed by atoms with van der Waals surface area (Å²) in [5, 5.41) is 12.5. The second kappa shape index (κ2) is 6.90. The molecule has 2 N–H and O–H groups in total. The second-order valence-electron chi connectivity index (χ2n) is 4.83. The Morgan fingerprint density at radius 1 is 1.05 bits per heavy atom. The van der Waals surface area contributed by atoms with Crippen LogP contribution in [-0.2, 0) is 4.79 Å². The van der Waals surface area contributed by atoms with Crippen molar-refractivity contribution in [3.05, 3.63) is 60.2 Å². The predicted octanol–water partition coefficient (Wildman–Crippen LogP) is 3.15. The van der Waals surface area contributed by atoms with E-state index in [0.717, 1.165) is 5.69 Å². The summed E-state index contributed by atoms with van der Waals surface area (Å²) in [6.07, 6.45) is -1.31. The summed E-state index contributed by atoms with van der Waals surface area (Å²) in [6.45, 7) is 3.34. The van der Waals surface area contributed by atoms with E-state index < -0.39 is 12.2 Å². The average Bonchev–Trinajstić information content (AvgIpc) is 2.48. The molecular weight excluding hydrogens is 266 g/mol. The maximum atomic E-state index is 12.1. The van der Waals surface area contributed by atoms with Gasteiger partial charge >= 0.3 is 0 Å². The number of carbonyl (C=O) groups is 1. The third-order valence-electron chi connectivity index (χ3n) is 3.08. The van der Waals surface area contributed by atoms with E-state index in [1.54, 1.807) is 26.0 Å². The average molecular weight is 285 g/mol. The predicted molar refractivity (Wildman–Crippen MR) is 82.2 cm³/mol. The minimum absolute atomic E-state index is 0.235. The van der Waals surface area contributed by atoms with Gasteiger partial charge in [0.05, 0.1) is 6.10 Å². The van der Waals surface area contributed by atoms with E-state index in [1.165, 1.54) is 0 Å². The monoisotopic (exact) mass is 285 g/mol. The molecule has 0 fully saturated rings. The lowest BCUT2D eigenvalue weighted by atomic mass is 10.1. The summed E-state index contributed by atoms with van der Waals surface area (Å²) in [5.41, 5.74) is 1.39. The Labute approximate surface area is 124 Å². The molecule has 1 amide bonds. The molecule has 0 heterocycles. The fourth-order valence-corrected chi connectivity index (χ4v) is 1.94. The van der Waals surface area contributed by atoms with Gasteiger partial charge in [0.25, 0.3) is 5.91 Å². The molecule has 4 nitrogen and oxygen atoms in total. The molecule has 0 aliphatic rings. The zero-order valence-electron chi connectivity index (χ0n) is 12.1. The van der Waals surface area contributed by atoms with Gasteiger partial charge in [-0.2, -0.15) is 0 Å². The first-order valence-electron chi connectivity index (χ1n) is 6.87. The molecule has 2 aromatic rings. The largest absolute Gasteiger partial charge is 0.481 e. The number of carbonyl (C=O) groups excluding carboxylic acids is 1. The van der Waals surface area contributed by atoms with Crippen LogP contribution >= 0.6 is 0 Å². The summed E-state index contributed by atoms with van der Waals surface area (Å²) >= 11 is 0. The molecule has 4 heteroatoms. The molecule has 2 aromatic carbocycles. The molecule has 0 aromatic heterocycles. The van der Waals surface area contributed by atoms with Crippen molar-refractivity contribution >= 4 is 11.6 Å². The van der Waals surface area contributed by atoms with Gasteiger partial charge in [0.2, 0.25) is 0 Å². The minimum Gasteiger partial charge on any atom is -0.481 e. The van der Waals surface area contributed by atoms with Gasteiger partial charge < -0.3 is 15.2 Å². The molecule has 0 bridgehead atoms. The van der Waals surface area contributed by atoms with Crippen molar-refractivity contribution < 1.29 is 14.6 Å². The normalized spacial score (nSPS) is 13.3. The van der Waals surface area contributed by atoms with E-state index in [4.69, 9.17) is 4.74 Å². The van der Waals surface area contributed by atoms with Gasteiger partial charge in [-0.05, 0) is 32.0 Å². The summed E-state index contributed by atoms with van der Waals surface area (Å²) in [7, 11) is 0. The third kappa shape index (κ3) is 4.07. The number of hydrogen-bond acceptors (Lipinski definition) is 3. The van der Waals surface area contributed by atoms with Crippen molar-refractivity contribution in [1.82, 2.24) is 0 Å². The SMILES string of the molecule is CC(Oc1ccccc1[C@@H](C)O)C(=O)Nc1ccccc1. The minimum atomic E-state index is -0.662. The van der Waals surface area contributed by atoms with E-state index in [2.05, 4.69) is 5.32 Å². The van der Waals surface area contributed by atoms with Crippen LogP contribution in [0.4, 0.5) is 5.69 Å². The smallest absolute Gasteiger partial charge is 0.265 e. The Kier molecular flexibility index (Phi) is 4.95. The van der Waals surface area contributed by atoms with Gasteiger partial charge in [0.1, 0.15) is 5.75 Å². The fraction of sp³-hybridized carbons (Fsp3) is 0.235. The molecule has 21 heavy (non-hydrogen) atoms. The Bertz CT molecular complexity index is 596. The highest BCUT2D eigenvalue weighted by molar-refractivity contribution is 5.94. The van der Waals surface area contributed by atoms with Crippen LogP contribution in [0.3, 0.4) is 0 Å². The van der Waals surface area contributed by atoms with Crippen LogP contribution in [0.1, 0.15) is 25.5 Å². The first-order chi connectivity index (χ1) is 10.1. The first kappa shape index (κ1) is 15.1. The molecule has 1 unspecified atom stereocenters. The van der Waals surface area contributed by atoms with Crippen molar-refractivity contribution in [2.45, 2.75) is 26.1 Å². The molecule has 0 spiro atoms. The Morgan fingerprint density at radius 3 is 2.33 bits per heavy atom. The highest BCUT2D eigenvalue weighted by atomic mass is 16.5. The highest BCUT2D eigenvalue weighted by Crippen LogP contribution is 2.25. The number of nitrogens with one attached hydrogen (secondary N) is 1. The maximum absolute atomic E-state index is 12.1. The van der Waals surface area contributed by atoms with Crippen molar-refractivity contribution in [2.24, 2.45) is 0 Å². The summed E-state index contributed by atoms with van der Waals surface area (Å²) in [6, 6.07) is 16.4. The Morgan fingerprint density at radius 2 is 1.67 bits per heavy atom. The zero-order chi connectivity index (χ0) is 15.2. The number of hydrogen-bond donors (Lipinski definition) is 2. The summed E-state index contributed by atoms with van der Waals surface area (Å²) < 4.78 is 5.67. The number of para-hydroxylation sites is 2. The number of rotatable bonds is 5. The first-order valence-corrected chi connectivity index (χ1v) is 6.87. The second-order valence-corrected chi connectivity index (χ2v) is 4.83. The van der Waals surface area contributed by atoms with Crippen LogP contribution < -0.4 is 10.1 Å². The molecule has 110 valence electrons. The van der Waals surface area contributed by atoms with Crippen LogP contribution in [0.25, 0.3) is 0 Å². The molecule has 0 saturated carbocycles. The molecule has 0 aliphatic carbocycles. The lowest BCUT2D eigenvalue weighted by Crippen LogP contribution is -2.30. The maximum Gasteiger partial charge on any atom is 0.265 e. The van der Waals surface area contributed by atoms with E-state index >= 15 is 0 Å². The van der Waals surface area contributed by atoms with Crippen molar-refractivity contribution in [1.29, 1.82) is 0 Å². The summed E-state index contributed by atoms with van der Waals surface area (Å²) in [4.78, 5) is 12.1. The Hall–Kier alpha value is -2.33. The van der Waals surface area contributed by atoms with E-state index in [1.807, 2.05) is 42.5 Å². The van der Waals surface area contributed by atoms with Gasteiger partial charge in [0.15, 0.2) is 6.10 Å². The number of amides is 1. The van der Waals surface area contributed by atoms with Gasteiger partial charge in [-0.25, -0.2) is 0 Å². The van der Waals surface area contributed by atoms with Gasteiger partial charge in [-0.1, -0.05) is 36.4 Å². The molecule has 0 saturated heterocycles. The van der Waals surface area contributed by atoms with Gasteiger partial charge in [-0.15, -0.1) is 0 Å². The molecule has 2 atom stereocenters. The molecular formula is C17H19NO3. The number of benzene rings is 2. The van der Waals surface area contributed by atoms with E-state index in [-0.39, 0.29) is 5.91 Å². The van der Waals surface area contributed by atoms with Crippen LogP contribution in [0, 0.1) is 0 Å². The van der Waals surface area contributed by atoms with Crippen LogP contribution in [0.2, 0.25) is 0 Å². The number of anilines is 1. The van der Waals surface area contributed by atoms with Crippen LogP contribution in [0.15, 0.2) is 54.6 Å². The Balaban J connectivity index is 2.04. The fourth-order valence-electron chi connectivity index (χ4n) is 1.94. The number of ether oxygens (including phenoxy) is 1. The number of aliphatic hydroxyl groups is 1.